The van der Waals surface area contributed by atoms with Gasteiger partial charge in [0, 0.05) is 4.43 Å². The monoisotopic (exact) mass is 273 g/mol. The van der Waals surface area contributed by atoms with Crippen LogP contribution in [0.5, 0.6) is 5.75 Å². The van der Waals surface area contributed by atoms with Crippen molar-refractivity contribution >= 4 is 22.6 Å². The van der Waals surface area contributed by atoms with Gasteiger partial charge in [0.15, 0.2) is 0 Å². The Balaban J connectivity index is 2.60. The van der Waals surface area contributed by atoms with Gasteiger partial charge in [-0.1, -0.05) is 22.6 Å². The van der Waals surface area contributed by atoms with E-state index in [0.29, 0.717) is 12.2 Å². The molecule has 62 valence electrons. The number of benzene rings is 1. The molecule has 12 heavy (non-hydrogen) atoms. The summed E-state index contributed by atoms with van der Waals surface area (Å²) in [4.78, 5) is 0. The molecule has 0 aliphatic rings. The third kappa shape index (κ3) is 2.70. The van der Waals surface area contributed by atoms with Crippen molar-refractivity contribution in [1.82, 2.24) is 0 Å². The van der Waals surface area contributed by atoms with Crippen LogP contribution in [0.25, 0.3) is 0 Å². The molecule has 0 spiro atoms. The van der Waals surface area contributed by atoms with Gasteiger partial charge in [0.05, 0.1) is 18.2 Å². The second-order valence-corrected chi connectivity index (χ2v) is 3.25. The van der Waals surface area contributed by atoms with Crippen LogP contribution >= 0.6 is 22.6 Å². The largest absolute Gasteiger partial charge is 0.493 e. The van der Waals surface area contributed by atoms with Gasteiger partial charge < -0.3 is 4.74 Å². The van der Waals surface area contributed by atoms with Crippen LogP contribution in [0.2, 0.25) is 0 Å². The fraction of sp³-hybridized carbons (Fsp3) is 0.222. The van der Waals surface area contributed by atoms with Gasteiger partial charge in [-0.05, 0) is 24.3 Å². The van der Waals surface area contributed by atoms with Crippen LogP contribution in [-0.2, 0) is 0 Å². The van der Waals surface area contributed by atoms with E-state index < -0.39 is 0 Å². The molecule has 0 aliphatic carbocycles. The highest BCUT2D eigenvalue weighted by molar-refractivity contribution is 14.1. The highest BCUT2D eigenvalue weighted by Gasteiger charge is 1.92. The van der Waals surface area contributed by atoms with E-state index >= 15 is 0 Å². The van der Waals surface area contributed by atoms with Crippen LogP contribution in [0.15, 0.2) is 24.3 Å². The molecular weight excluding hydrogens is 265 g/mol. The van der Waals surface area contributed by atoms with Crippen LogP contribution in [0.1, 0.15) is 5.56 Å². The lowest BCUT2D eigenvalue weighted by molar-refractivity contribution is 0.346. The summed E-state index contributed by atoms with van der Waals surface area (Å²) in [5, 5.41) is 8.51. The molecular formula is C9H8INO. The summed E-state index contributed by atoms with van der Waals surface area (Å²) in [6.07, 6.45) is 0. The van der Waals surface area contributed by atoms with Gasteiger partial charge in [-0.25, -0.2) is 0 Å². The van der Waals surface area contributed by atoms with E-state index in [1.807, 2.05) is 12.1 Å². The van der Waals surface area contributed by atoms with E-state index in [4.69, 9.17) is 10.00 Å². The standard InChI is InChI=1S/C9H8INO/c10-5-6-12-9-3-1-8(7-11)2-4-9/h1-4H,5-6H2. The van der Waals surface area contributed by atoms with Crippen molar-refractivity contribution < 1.29 is 4.74 Å². The van der Waals surface area contributed by atoms with Crippen molar-refractivity contribution in [1.29, 1.82) is 5.26 Å². The Morgan fingerprint density at radius 2 is 2.00 bits per heavy atom. The molecule has 1 aromatic carbocycles. The Morgan fingerprint density at radius 3 is 2.50 bits per heavy atom. The van der Waals surface area contributed by atoms with Gasteiger partial charge in [0.1, 0.15) is 5.75 Å². The molecule has 0 radical (unpaired) electrons. The van der Waals surface area contributed by atoms with Gasteiger partial charge in [0.25, 0.3) is 0 Å². The summed E-state index contributed by atoms with van der Waals surface area (Å²) in [5.41, 5.74) is 0.664. The zero-order valence-corrected chi connectivity index (χ0v) is 8.61. The van der Waals surface area contributed by atoms with Gasteiger partial charge in [-0.15, -0.1) is 0 Å². The van der Waals surface area contributed by atoms with Crippen molar-refractivity contribution in [3.8, 4) is 11.8 Å². The normalized spacial score (nSPS) is 9.00. The zero-order chi connectivity index (χ0) is 8.81. The molecule has 3 heteroatoms. The maximum atomic E-state index is 8.51. The summed E-state index contributed by atoms with van der Waals surface area (Å²) in [5.74, 6) is 0.825. The Kier molecular flexibility index (Phi) is 3.88. The van der Waals surface area contributed by atoms with Crippen LogP contribution in [0, 0.1) is 11.3 Å². The molecule has 1 rings (SSSR count). The van der Waals surface area contributed by atoms with E-state index in [1.54, 1.807) is 12.1 Å². The molecule has 0 fully saturated rings. The highest BCUT2D eigenvalue weighted by atomic mass is 127. The summed E-state index contributed by atoms with van der Waals surface area (Å²) in [6.45, 7) is 0.715. The van der Waals surface area contributed by atoms with Crippen LogP contribution < -0.4 is 4.74 Å². The van der Waals surface area contributed by atoms with E-state index in [2.05, 4.69) is 28.7 Å². The molecule has 0 unspecified atom stereocenters. The molecule has 2 nitrogen and oxygen atoms in total. The minimum absolute atomic E-state index is 0.664. The van der Waals surface area contributed by atoms with Crippen molar-refractivity contribution in [2.24, 2.45) is 0 Å². The van der Waals surface area contributed by atoms with E-state index in [1.165, 1.54) is 0 Å². The van der Waals surface area contributed by atoms with Gasteiger partial charge in [-0.3, -0.25) is 0 Å². The van der Waals surface area contributed by atoms with Crippen molar-refractivity contribution in [3.63, 3.8) is 0 Å². The third-order valence-corrected chi connectivity index (χ3v) is 1.77. The summed E-state index contributed by atoms with van der Waals surface area (Å²) in [7, 11) is 0. The second kappa shape index (κ2) is 4.99. The van der Waals surface area contributed by atoms with Gasteiger partial charge >= 0.3 is 0 Å². The minimum atomic E-state index is 0.664. The van der Waals surface area contributed by atoms with Crippen LogP contribution in [-0.4, -0.2) is 11.0 Å². The molecule has 1 aromatic rings. The SMILES string of the molecule is N#Cc1ccc(OCCI)cc1. The van der Waals surface area contributed by atoms with Gasteiger partial charge in [-0.2, -0.15) is 5.26 Å². The molecule has 0 heterocycles. The summed E-state index contributed by atoms with van der Waals surface area (Å²) >= 11 is 2.25. The zero-order valence-electron chi connectivity index (χ0n) is 6.46. The van der Waals surface area contributed by atoms with E-state index in [9.17, 15) is 0 Å². The smallest absolute Gasteiger partial charge is 0.119 e. The molecule has 0 amide bonds. The molecule has 0 aliphatic heterocycles. The maximum Gasteiger partial charge on any atom is 0.119 e. The number of nitrogens with zero attached hydrogens (tertiary/aromatic N) is 1. The van der Waals surface area contributed by atoms with Gasteiger partial charge in [0.2, 0.25) is 0 Å². The topological polar surface area (TPSA) is 33.0 Å². The Bertz CT molecular complexity index is 276. The van der Waals surface area contributed by atoms with E-state index in [-0.39, 0.29) is 0 Å². The lowest BCUT2D eigenvalue weighted by Crippen LogP contribution is -1.96. The number of alkyl halides is 1. The lowest BCUT2D eigenvalue weighted by Gasteiger charge is -2.02. The summed E-state index contributed by atoms with van der Waals surface area (Å²) in [6, 6.07) is 9.18. The number of hydrogen-bond donors (Lipinski definition) is 0. The van der Waals surface area contributed by atoms with Crippen LogP contribution in [0.3, 0.4) is 0 Å². The van der Waals surface area contributed by atoms with Crippen molar-refractivity contribution in [2.75, 3.05) is 11.0 Å². The molecule has 0 N–H and O–H groups in total. The fourth-order valence-corrected chi connectivity index (χ4v) is 1.00. The average Bonchev–Trinajstić information content (AvgIpc) is 2.15. The minimum Gasteiger partial charge on any atom is -0.493 e. The first-order chi connectivity index (χ1) is 5.86. The van der Waals surface area contributed by atoms with E-state index in [0.717, 1.165) is 10.2 Å². The first kappa shape index (κ1) is 9.33. The fourth-order valence-electron chi connectivity index (χ4n) is 0.782. The molecule has 0 aromatic heterocycles. The third-order valence-electron chi connectivity index (χ3n) is 1.33. The molecule has 0 saturated heterocycles. The molecule has 0 bridgehead atoms. The number of nitriles is 1. The number of halogens is 1. The average molecular weight is 273 g/mol. The number of hydrogen-bond acceptors (Lipinski definition) is 2. The Morgan fingerprint density at radius 1 is 1.33 bits per heavy atom. The quantitative estimate of drug-likeness (QED) is 0.625. The number of ether oxygens (including phenoxy) is 1. The number of rotatable bonds is 3. The molecule has 0 atom stereocenters. The van der Waals surface area contributed by atoms with Crippen LogP contribution in [0.4, 0.5) is 0 Å². The first-order valence-corrected chi connectivity index (χ1v) is 5.08. The van der Waals surface area contributed by atoms with Crippen molar-refractivity contribution in [2.45, 2.75) is 0 Å². The van der Waals surface area contributed by atoms with Crippen molar-refractivity contribution in [3.05, 3.63) is 29.8 Å². The first-order valence-electron chi connectivity index (χ1n) is 3.56. The maximum absolute atomic E-state index is 8.51. The Labute approximate surface area is 85.3 Å². The predicted molar refractivity (Wildman–Crippen MR) is 55.5 cm³/mol. The molecule has 0 saturated carbocycles. The Hall–Kier alpha value is -0.760. The summed E-state index contributed by atoms with van der Waals surface area (Å²) < 4.78 is 6.31. The second-order valence-electron chi connectivity index (χ2n) is 2.17. The highest BCUT2D eigenvalue weighted by Crippen LogP contribution is 2.11. The lowest BCUT2D eigenvalue weighted by atomic mass is 10.2. The predicted octanol–water partition coefficient (Wildman–Crippen LogP) is 2.37.